The lowest BCUT2D eigenvalue weighted by Gasteiger charge is -2.17. The fourth-order valence-electron chi connectivity index (χ4n) is 3.10. The van der Waals surface area contributed by atoms with Gasteiger partial charge in [0.1, 0.15) is 11.5 Å². The SMILES string of the molecule is CC(C)=Nc1c(C)cc(-c2c(F)cn3nc(N)nc(CC(C)(S)S)c23)cc1F.CCC(F)F. The molecule has 0 bridgehead atoms. The summed E-state index contributed by atoms with van der Waals surface area (Å²) in [4.78, 5) is 8.48. The predicted molar refractivity (Wildman–Crippen MR) is 132 cm³/mol. The van der Waals surface area contributed by atoms with Crippen LogP contribution < -0.4 is 5.73 Å². The van der Waals surface area contributed by atoms with Gasteiger partial charge in [0.05, 0.1) is 21.5 Å². The van der Waals surface area contributed by atoms with Gasteiger partial charge in [0.15, 0.2) is 5.82 Å². The molecule has 0 spiro atoms. The average molecular weight is 502 g/mol. The van der Waals surface area contributed by atoms with Crippen molar-refractivity contribution in [3.05, 3.63) is 41.2 Å². The first-order valence-corrected chi connectivity index (χ1v) is 11.0. The van der Waals surface area contributed by atoms with Crippen LogP contribution in [0.15, 0.2) is 23.3 Å². The molecule has 2 heterocycles. The van der Waals surface area contributed by atoms with Crippen LogP contribution in [0.5, 0.6) is 0 Å². The smallest absolute Gasteiger partial charge is 0.238 e. The number of nitrogen functional groups attached to an aromatic ring is 1. The summed E-state index contributed by atoms with van der Waals surface area (Å²) in [5.74, 6) is -1.08. The van der Waals surface area contributed by atoms with Crippen molar-refractivity contribution in [3.63, 3.8) is 0 Å². The molecule has 3 aromatic rings. The van der Waals surface area contributed by atoms with Crippen molar-refractivity contribution < 1.29 is 17.6 Å². The summed E-state index contributed by atoms with van der Waals surface area (Å²) in [6, 6.07) is 2.97. The Morgan fingerprint density at radius 3 is 2.30 bits per heavy atom. The Kier molecular flexibility index (Phi) is 8.81. The number of rotatable bonds is 5. The third-order valence-electron chi connectivity index (χ3n) is 4.36. The topological polar surface area (TPSA) is 68.6 Å². The fraction of sp³-hybridized carbons (Fsp3) is 0.409. The Morgan fingerprint density at radius 2 is 1.82 bits per heavy atom. The third-order valence-corrected chi connectivity index (χ3v) is 4.68. The van der Waals surface area contributed by atoms with E-state index in [1.54, 1.807) is 33.8 Å². The molecule has 0 atom stereocenters. The van der Waals surface area contributed by atoms with Gasteiger partial charge in [-0.1, -0.05) is 6.92 Å². The highest BCUT2D eigenvalue weighted by Crippen LogP contribution is 2.36. The van der Waals surface area contributed by atoms with Crippen LogP contribution >= 0.6 is 25.3 Å². The first-order valence-electron chi connectivity index (χ1n) is 10.1. The number of benzene rings is 1. The van der Waals surface area contributed by atoms with Gasteiger partial charge in [-0.15, -0.1) is 5.10 Å². The first-order chi connectivity index (χ1) is 15.2. The number of nitrogens with two attached hydrogens (primary N) is 1. The Hall–Kier alpha value is -2.27. The molecule has 1 aromatic carbocycles. The first kappa shape index (κ1) is 27.0. The van der Waals surface area contributed by atoms with Gasteiger partial charge in [-0.3, -0.25) is 4.99 Å². The van der Waals surface area contributed by atoms with Crippen molar-refractivity contribution in [2.75, 3.05) is 5.73 Å². The van der Waals surface area contributed by atoms with Crippen LogP contribution in [0.4, 0.5) is 29.2 Å². The third kappa shape index (κ3) is 7.10. The summed E-state index contributed by atoms with van der Waals surface area (Å²) in [6.07, 6.45) is -0.643. The van der Waals surface area contributed by atoms with Crippen molar-refractivity contribution in [2.24, 2.45) is 4.99 Å². The number of aromatic nitrogens is 3. The molecule has 3 rings (SSSR count). The minimum atomic E-state index is -2.12. The number of nitrogens with zero attached hydrogens (tertiary/aromatic N) is 4. The number of alkyl halides is 2. The molecular formula is C22H27F4N5S2. The van der Waals surface area contributed by atoms with E-state index in [1.165, 1.54) is 23.7 Å². The van der Waals surface area contributed by atoms with Crippen LogP contribution in [0.2, 0.25) is 0 Å². The lowest BCUT2D eigenvalue weighted by atomic mass is 10.0. The van der Waals surface area contributed by atoms with Crippen LogP contribution in [0.1, 0.15) is 45.4 Å². The summed E-state index contributed by atoms with van der Waals surface area (Å²) in [6.45, 7) is 8.54. The second kappa shape index (κ2) is 10.8. The number of hydrogen-bond acceptors (Lipinski definition) is 6. The summed E-state index contributed by atoms with van der Waals surface area (Å²) in [5.41, 5.74) is 8.79. The van der Waals surface area contributed by atoms with E-state index in [2.05, 4.69) is 40.3 Å². The number of anilines is 1. The number of aryl methyl sites for hydroxylation is 1. The molecule has 180 valence electrons. The minimum Gasteiger partial charge on any atom is -0.367 e. The highest BCUT2D eigenvalue weighted by molar-refractivity contribution is 8.00. The molecule has 5 nitrogen and oxygen atoms in total. The van der Waals surface area contributed by atoms with Crippen molar-refractivity contribution in [2.45, 2.75) is 58.0 Å². The maximum absolute atomic E-state index is 14.9. The van der Waals surface area contributed by atoms with Gasteiger partial charge in [-0.25, -0.2) is 27.1 Å². The molecule has 0 radical (unpaired) electrons. The van der Waals surface area contributed by atoms with Crippen molar-refractivity contribution in [1.82, 2.24) is 14.6 Å². The van der Waals surface area contributed by atoms with E-state index in [9.17, 15) is 17.6 Å². The molecule has 0 aliphatic heterocycles. The zero-order valence-electron chi connectivity index (χ0n) is 19.0. The van der Waals surface area contributed by atoms with E-state index >= 15 is 0 Å². The van der Waals surface area contributed by atoms with Gasteiger partial charge in [0.2, 0.25) is 12.4 Å². The number of thiol groups is 2. The summed E-state index contributed by atoms with van der Waals surface area (Å²) in [7, 11) is 0. The molecule has 0 unspecified atom stereocenters. The molecule has 0 saturated heterocycles. The zero-order chi connectivity index (χ0) is 25.1. The molecule has 2 aromatic heterocycles. The second-order valence-electron chi connectivity index (χ2n) is 7.94. The van der Waals surface area contributed by atoms with E-state index in [4.69, 9.17) is 5.73 Å². The second-order valence-corrected chi connectivity index (χ2v) is 10.3. The van der Waals surface area contributed by atoms with Gasteiger partial charge in [-0.2, -0.15) is 25.3 Å². The highest BCUT2D eigenvalue weighted by atomic mass is 32.2. The summed E-state index contributed by atoms with van der Waals surface area (Å²) in [5, 5.41) is 4.05. The number of fused-ring (bicyclic) bond motifs is 1. The molecule has 33 heavy (non-hydrogen) atoms. The Bertz CT molecular complexity index is 1140. The van der Waals surface area contributed by atoms with Crippen LogP contribution in [-0.2, 0) is 6.42 Å². The standard InChI is InChI=1S/C19H21F2N5S2.C3H6F2/c1-9(2)23-16-10(3)5-11(6-12(16)20)15-13(21)8-26-17(15)14(7-19(4,27)28)24-18(22)25-26;1-2-3(4)5/h5-6,8,27-28H,7H2,1-4H3,(H2,22,25);3H,2H2,1H3. The predicted octanol–water partition coefficient (Wildman–Crippen LogP) is 6.46. The van der Waals surface area contributed by atoms with E-state index < -0.39 is 22.1 Å². The maximum atomic E-state index is 14.9. The maximum Gasteiger partial charge on any atom is 0.238 e. The summed E-state index contributed by atoms with van der Waals surface area (Å²) < 4.78 is 51.8. The summed E-state index contributed by atoms with van der Waals surface area (Å²) >= 11 is 8.83. The van der Waals surface area contributed by atoms with Crippen LogP contribution in [-0.4, -0.2) is 30.8 Å². The molecule has 11 heteroatoms. The molecule has 2 N–H and O–H groups in total. The normalized spacial score (nSPS) is 11.5. The lowest BCUT2D eigenvalue weighted by molar-refractivity contribution is 0.144. The van der Waals surface area contributed by atoms with Gasteiger partial charge in [0, 0.05) is 24.1 Å². The average Bonchev–Trinajstić information content (AvgIpc) is 2.99. The van der Waals surface area contributed by atoms with Gasteiger partial charge in [-0.05, 0) is 51.0 Å². The quantitative estimate of drug-likeness (QED) is 0.163. The molecule has 0 aliphatic carbocycles. The largest absolute Gasteiger partial charge is 0.367 e. The molecule has 0 saturated carbocycles. The minimum absolute atomic E-state index is 0.000402. The van der Waals surface area contributed by atoms with E-state index in [-0.39, 0.29) is 23.6 Å². The van der Waals surface area contributed by atoms with Crippen molar-refractivity contribution in [3.8, 4) is 11.1 Å². The van der Waals surface area contributed by atoms with Crippen LogP contribution in [0, 0.1) is 18.6 Å². The molecule has 0 aliphatic rings. The Morgan fingerprint density at radius 1 is 1.21 bits per heavy atom. The monoisotopic (exact) mass is 501 g/mol. The van der Waals surface area contributed by atoms with Gasteiger partial charge >= 0.3 is 0 Å². The van der Waals surface area contributed by atoms with Crippen LogP contribution in [0.25, 0.3) is 16.6 Å². The van der Waals surface area contributed by atoms with E-state index in [0.717, 1.165) is 5.71 Å². The number of hydrogen-bond donors (Lipinski definition) is 3. The molecular weight excluding hydrogens is 474 g/mol. The Balaban J connectivity index is 0.000000696. The Labute approximate surface area is 201 Å². The fourth-order valence-corrected chi connectivity index (χ4v) is 3.40. The van der Waals surface area contributed by atoms with E-state index in [0.29, 0.717) is 28.8 Å². The molecule has 0 fully saturated rings. The number of halogens is 4. The highest BCUT2D eigenvalue weighted by Gasteiger charge is 2.24. The van der Waals surface area contributed by atoms with Crippen molar-refractivity contribution in [1.29, 1.82) is 0 Å². The van der Waals surface area contributed by atoms with Gasteiger partial charge < -0.3 is 5.73 Å². The molecule has 0 amide bonds. The van der Waals surface area contributed by atoms with Gasteiger partial charge in [0.25, 0.3) is 0 Å². The van der Waals surface area contributed by atoms with Crippen LogP contribution in [0.3, 0.4) is 0 Å². The number of aliphatic imine (C=N–C) groups is 1. The lowest BCUT2D eigenvalue weighted by Crippen LogP contribution is -2.15. The zero-order valence-corrected chi connectivity index (χ0v) is 20.8. The van der Waals surface area contributed by atoms with Crippen molar-refractivity contribution >= 4 is 48.1 Å². The van der Waals surface area contributed by atoms with E-state index in [1.807, 2.05) is 0 Å².